The number of thioether (sulfide) groups is 1. The fraction of sp³-hybridized carbons (Fsp3) is 0.500. The highest BCUT2D eigenvalue weighted by Gasteiger charge is 2.15. The monoisotopic (exact) mass is 283 g/mol. The summed E-state index contributed by atoms with van der Waals surface area (Å²) in [6.07, 6.45) is 5.76. The van der Waals surface area contributed by atoms with Crippen molar-refractivity contribution in [1.29, 1.82) is 0 Å². The highest BCUT2D eigenvalue weighted by Crippen LogP contribution is 2.34. The number of carbonyl (C=O) groups excluding carboxylic acids is 1. The second-order valence-electron chi connectivity index (χ2n) is 4.54. The van der Waals surface area contributed by atoms with E-state index < -0.39 is 0 Å². The van der Waals surface area contributed by atoms with E-state index in [2.05, 4.69) is 17.4 Å². The third-order valence-corrected chi connectivity index (χ3v) is 4.60. The summed E-state index contributed by atoms with van der Waals surface area (Å²) in [5.74, 6) is 0.336. The van der Waals surface area contributed by atoms with Crippen molar-refractivity contribution >= 4 is 35.0 Å². The Morgan fingerprint density at radius 3 is 2.56 bits per heavy atom. The first kappa shape index (κ1) is 13.8. The molecule has 2 nitrogen and oxygen atoms in total. The van der Waals surface area contributed by atoms with E-state index in [0.29, 0.717) is 12.3 Å². The molecule has 0 bridgehead atoms. The maximum Gasteiger partial charge on any atom is 0.225 e. The van der Waals surface area contributed by atoms with Crippen LogP contribution in [0.2, 0.25) is 0 Å². The molecule has 1 aliphatic carbocycles. The molecule has 0 aromatic heterocycles. The summed E-state index contributed by atoms with van der Waals surface area (Å²) < 4.78 is 0. The number of rotatable bonds is 5. The Hall–Kier alpha value is -0.670. The normalized spacial score (nSPS) is 15.8. The van der Waals surface area contributed by atoms with E-state index in [1.165, 1.54) is 30.6 Å². The topological polar surface area (TPSA) is 29.1 Å². The number of nitrogens with one attached hydrogen (secondary N) is 1. The Labute approximate surface area is 117 Å². The minimum absolute atomic E-state index is 0.0267. The summed E-state index contributed by atoms with van der Waals surface area (Å²) in [6.45, 7) is 0. The van der Waals surface area contributed by atoms with Crippen LogP contribution in [-0.2, 0) is 4.79 Å². The van der Waals surface area contributed by atoms with Gasteiger partial charge in [0.05, 0.1) is 0 Å². The molecule has 0 unspecified atom stereocenters. The van der Waals surface area contributed by atoms with E-state index >= 15 is 0 Å². The van der Waals surface area contributed by atoms with Crippen LogP contribution >= 0.6 is 23.4 Å². The molecule has 0 radical (unpaired) electrons. The fourth-order valence-electron chi connectivity index (χ4n) is 2.12. The van der Waals surface area contributed by atoms with Crippen molar-refractivity contribution < 1.29 is 4.79 Å². The molecule has 0 heterocycles. The minimum Gasteiger partial charge on any atom is -0.326 e. The zero-order valence-electron chi connectivity index (χ0n) is 10.3. The first-order valence-electron chi connectivity index (χ1n) is 6.40. The molecular formula is C14H18ClNOS. The smallest absolute Gasteiger partial charge is 0.225 e. The Kier molecular flexibility index (Phi) is 5.39. The SMILES string of the molecule is O=C(CCCl)Nc1ccc(SC2CCCC2)cc1. The third-order valence-electron chi connectivity index (χ3n) is 3.06. The first-order chi connectivity index (χ1) is 8.78. The summed E-state index contributed by atoms with van der Waals surface area (Å²) >= 11 is 7.47. The van der Waals surface area contributed by atoms with Crippen LogP contribution in [0, 0.1) is 0 Å². The largest absolute Gasteiger partial charge is 0.326 e. The van der Waals surface area contributed by atoms with Crippen molar-refractivity contribution in [1.82, 2.24) is 0 Å². The van der Waals surface area contributed by atoms with Gasteiger partial charge in [0, 0.05) is 28.1 Å². The van der Waals surface area contributed by atoms with Crippen LogP contribution in [0.15, 0.2) is 29.2 Å². The number of hydrogen-bond acceptors (Lipinski definition) is 2. The summed E-state index contributed by atoms with van der Waals surface area (Å²) in [7, 11) is 0. The van der Waals surface area contributed by atoms with Gasteiger partial charge in [-0.3, -0.25) is 4.79 Å². The zero-order chi connectivity index (χ0) is 12.8. The van der Waals surface area contributed by atoms with Crippen LogP contribution in [0.25, 0.3) is 0 Å². The number of benzene rings is 1. The van der Waals surface area contributed by atoms with Crippen molar-refractivity contribution in [3.63, 3.8) is 0 Å². The number of anilines is 1. The highest BCUT2D eigenvalue weighted by atomic mass is 35.5. The van der Waals surface area contributed by atoms with Gasteiger partial charge in [0.15, 0.2) is 0 Å². The van der Waals surface area contributed by atoms with Crippen molar-refractivity contribution in [2.75, 3.05) is 11.2 Å². The molecule has 2 rings (SSSR count). The molecule has 98 valence electrons. The van der Waals surface area contributed by atoms with Gasteiger partial charge >= 0.3 is 0 Å². The molecule has 4 heteroatoms. The van der Waals surface area contributed by atoms with Gasteiger partial charge in [-0.1, -0.05) is 12.8 Å². The molecule has 0 atom stereocenters. The molecule has 0 saturated heterocycles. The third kappa shape index (κ3) is 4.21. The highest BCUT2D eigenvalue weighted by molar-refractivity contribution is 8.00. The molecule has 1 aliphatic rings. The Morgan fingerprint density at radius 2 is 1.94 bits per heavy atom. The quantitative estimate of drug-likeness (QED) is 0.817. The van der Waals surface area contributed by atoms with E-state index in [1.807, 2.05) is 23.9 Å². The Morgan fingerprint density at radius 1 is 1.28 bits per heavy atom. The van der Waals surface area contributed by atoms with E-state index in [-0.39, 0.29) is 5.91 Å². The maximum absolute atomic E-state index is 11.4. The molecule has 18 heavy (non-hydrogen) atoms. The molecule has 0 spiro atoms. The van der Waals surface area contributed by atoms with Gasteiger partial charge in [-0.15, -0.1) is 23.4 Å². The van der Waals surface area contributed by atoms with Gasteiger partial charge in [-0.25, -0.2) is 0 Å². The van der Waals surface area contributed by atoms with Crippen molar-refractivity contribution in [2.24, 2.45) is 0 Å². The number of carbonyl (C=O) groups is 1. The van der Waals surface area contributed by atoms with E-state index in [0.717, 1.165) is 10.9 Å². The molecule has 0 aliphatic heterocycles. The van der Waals surface area contributed by atoms with Crippen molar-refractivity contribution in [3.05, 3.63) is 24.3 Å². The van der Waals surface area contributed by atoms with Crippen LogP contribution in [0.4, 0.5) is 5.69 Å². The summed E-state index contributed by atoms with van der Waals surface area (Å²) in [4.78, 5) is 12.7. The molecule has 1 N–H and O–H groups in total. The number of hydrogen-bond donors (Lipinski definition) is 1. The van der Waals surface area contributed by atoms with E-state index in [9.17, 15) is 4.79 Å². The second kappa shape index (κ2) is 7.05. The van der Waals surface area contributed by atoms with Crippen LogP contribution in [-0.4, -0.2) is 17.0 Å². The zero-order valence-corrected chi connectivity index (χ0v) is 11.9. The second-order valence-corrected chi connectivity index (χ2v) is 6.29. The van der Waals surface area contributed by atoms with Crippen LogP contribution < -0.4 is 5.32 Å². The van der Waals surface area contributed by atoms with Gasteiger partial charge in [0.2, 0.25) is 5.91 Å². The van der Waals surface area contributed by atoms with E-state index in [4.69, 9.17) is 11.6 Å². The summed E-state index contributed by atoms with van der Waals surface area (Å²) in [5, 5.41) is 3.61. The van der Waals surface area contributed by atoms with Gasteiger partial charge < -0.3 is 5.32 Å². The minimum atomic E-state index is -0.0267. The Balaban J connectivity index is 1.86. The van der Waals surface area contributed by atoms with Crippen LogP contribution in [0.5, 0.6) is 0 Å². The fourth-order valence-corrected chi connectivity index (χ4v) is 3.54. The number of halogens is 1. The number of amides is 1. The lowest BCUT2D eigenvalue weighted by Crippen LogP contribution is -2.11. The van der Waals surface area contributed by atoms with Gasteiger partial charge in [0.25, 0.3) is 0 Å². The lowest BCUT2D eigenvalue weighted by atomic mass is 10.3. The predicted octanol–water partition coefficient (Wildman–Crippen LogP) is 4.29. The molecular weight excluding hydrogens is 266 g/mol. The van der Waals surface area contributed by atoms with E-state index in [1.54, 1.807) is 0 Å². The Bertz CT molecular complexity index is 387. The first-order valence-corrected chi connectivity index (χ1v) is 7.82. The lowest BCUT2D eigenvalue weighted by Gasteiger charge is -2.09. The van der Waals surface area contributed by atoms with Crippen molar-refractivity contribution in [3.8, 4) is 0 Å². The summed E-state index contributed by atoms with van der Waals surface area (Å²) in [6, 6.07) is 8.09. The molecule has 1 aromatic carbocycles. The molecule has 1 saturated carbocycles. The van der Waals surface area contributed by atoms with Gasteiger partial charge in [-0.05, 0) is 37.1 Å². The van der Waals surface area contributed by atoms with Crippen molar-refractivity contribution in [2.45, 2.75) is 42.2 Å². The number of alkyl halides is 1. The average molecular weight is 284 g/mol. The predicted molar refractivity (Wildman–Crippen MR) is 78.5 cm³/mol. The van der Waals surface area contributed by atoms with Crippen LogP contribution in [0.1, 0.15) is 32.1 Å². The summed E-state index contributed by atoms with van der Waals surface area (Å²) in [5.41, 5.74) is 0.848. The molecule has 1 fully saturated rings. The van der Waals surface area contributed by atoms with Gasteiger partial charge in [-0.2, -0.15) is 0 Å². The molecule has 1 aromatic rings. The molecule has 1 amide bonds. The standard InChI is InChI=1S/C14H18ClNOS/c15-10-9-14(17)16-11-5-7-13(8-6-11)18-12-3-1-2-4-12/h5-8,12H,1-4,9-10H2,(H,16,17). The lowest BCUT2D eigenvalue weighted by molar-refractivity contribution is -0.115. The van der Waals surface area contributed by atoms with Gasteiger partial charge in [0.1, 0.15) is 0 Å². The maximum atomic E-state index is 11.4. The van der Waals surface area contributed by atoms with Crippen LogP contribution in [0.3, 0.4) is 0 Å². The average Bonchev–Trinajstić information content (AvgIpc) is 2.85.